The first-order chi connectivity index (χ1) is 13.5. The molecule has 2 N–H and O–H groups in total. The van der Waals surface area contributed by atoms with Crippen molar-refractivity contribution in [3.05, 3.63) is 65.2 Å². The number of hydrogen-bond acceptors (Lipinski definition) is 4. The van der Waals surface area contributed by atoms with Crippen molar-refractivity contribution in [3.8, 4) is 0 Å². The number of aromatic nitrogens is 1. The minimum Gasteiger partial charge on any atom is -0.381 e. The Kier molecular flexibility index (Phi) is 6.75. The molecule has 28 heavy (non-hydrogen) atoms. The maximum Gasteiger partial charge on any atom is 0.267 e. The second kappa shape index (κ2) is 9.26. The summed E-state index contributed by atoms with van der Waals surface area (Å²) in [6.07, 6.45) is 4.49. The van der Waals surface area contributed by atoms with Gasteiger partial charge in [0.15, 0.2) is 0 Å². The lowest BCUT2D eigenvalue weighted by atomic mass is 9.82. The van der Waals surface area contributed by atoms with E-state index in [1.807, 2.05) is 31.2 Å². The van der Waals surface area contributed by atoms with E-state index in [1.54, 1.807) is 6.20 Å². The molecule has 6 heteroatoms. The van der Waals surface area contributed by atoms with E-state index >= 15 is 0 Å². The third-order valence-electron chi connectivity index (χ3n) is 5.51. The zero-order valence-electron chi connectivity index (χ0n) is 16.4. The zero-order chi connectivity index (χ0) is 20.0. The molecule has 0 radical (unpaired) electrons. The maximum atomic E-state index is 13.2. The van der Waals surface area contributed by atoms with Gasteiger partial charge < -0.3 is 10.5 Å². The van der Waals surface area contributed by atoms with Crippen molar-refractivity contribution in [1.82, 2.24) is 9.88 Å². The molecule has 0 bridgehead atoms. The van der Waals surface area contributed by atoms with E-state index in [0.29, 0.717) is 25.5 Å². The highest BCUT2D eigenvalue weighted by Crippen LogP contribution is 2.36. The number of aryl methyl sites for hydroxylation is 1. The number of primary amides is 1. The van der Waals surface area contributed by atoms with Gasteiger partial charge in [-0.1, -0.05) is 18.2 Å². The van der Waals surface area contributed by atoms with Crippen molar-refractivity contribution in [2.45, 2.75) is 32.7 Å². The number of carbonyl (C=O) groups excluding carboxylic acids is 1. The van der Waals surface area contributed by atoms with E-state index in [0.717, 1.165) is 43.5 Å². The number of ether oxygens (including phenoxy) is 1. The molecule has 1 unspecified atom stereocenters. The van der Waals surface area contributed by atoms with Gasteiger partial charge in [-0.05, 0) is 62.1 Å². The number of nitrogens with two attached hydrogens (primary N) is 1. The number of hydrogen-bond donors (Lipinski definition) is 1. The second-order valence-corrected chi connectivity index (χ2v) is 7.60. The Labute approximate surface area is 165 Å². The van der Waals surface area contributed by atoms with Crippen LogP contribution in [0.4, 0.5) is 4.39 Å². The van der Waals surface area contributed by atoms with Crippen molar-refractivity contribution < 1.29 is 13.9 Å². The van der Waals surface area contributed by atoms with Gasteiger partial charge in [0.25, 0.3) is 5.91 Å². The molecule has 0 aliphatic carbocycles. The molecule has 1 fully saturated rings. The first-order valence-electron chi connectivity index (χ1n) is 9.79. The predicted octanol–water partition coefficient (Wildman–Crippen LogP) is 3.18. The first kappa shape index (κ1) is 20.4. The van der Waals surface area contributed by atoms with E-state index in [4.69, 9.17) is 10.5 Å². The van der Waals surface area contributed by atoms with Crippen LogP contribution in [0.2, 0.25) is 0 Å². The van der Waals surface area contributed by atoms with Gasteiger partial charge in [0.1, 0.15) is 11.5 Å². The average Bonchev–Trinajstić information content (AvgIpc) is 3.09. The van der Waals surface area contributed by atoms with Crippen LogP contribution < -0.4 is 5.73 Å². The number of benzene rings is 1. The van der Waals surface area contributed by atoms with Crippen molar-refractivity contribution in [1.29, 1.82) is 0 Å². The molecular weight excluding hydrogens is 357 g/mol. The fraction of sp³-hybridized carbons (Fsp3) is 0.455. The summed E-state index contributed by atoms with van der Waals surface area (Å²) < 4.78 is 19.0. The number of halogens is 1. The smallest absolute Gasteiger partial charge is 0.267 e. The highest BCUT2D eigenvalue weighted by atomic mass is 19.1. The molecule has 1 aliphatic rings. The summed E-state index contributed by atoms with van der Waals surface area (Å²) >= 11 is 0. The fourth-order valence-corrected chi connectivity index (χ4v) is 3.96. The monoisotopic (exact) mass is 385 g/mol. The van der Waals surface area contributed by atoms with Crippen LogP contribution in [0.1, 0.15) is 41.4 Å². The van der Waals surface area contributed by atoms with Gasteiger partial charge in [0.2, 0.25) is 0 Å². The van der Waals surface area contributed by atoms with E-state index in [9.17, 15) is 9.18 Å². The van der Waals surface area contributed by atoms with Gasteiger partial charge in [-0.15, -0.1) is 0 Å². The van der Waals surface area contributed by atoms with E-state index < -0.39 is 5.91 Å². The van der Waals surface area contributed by atoms with Crippen LogP contribution in [0.25, 0.3) is 0 Å². The van der Waals surface area contributed by atoms with Gasteiger partial charge in [-0.3, -0.25) is 14.7 Å². The third-order valence-corrected chi connectivity index (χ3v) is 5.51. The van der Waals surface area contributed by atoms with E-state index in [-0.39, 0.29) is 11.2 Å². The lowest BCUT2D eigenvalue weighted by Crippen LogP contribution is -2.32. The molecule has 1 aliphatic heterocycles. The Morgan fingerprint density at radius 2 is 2.11 bits per heavy atom. The van der Waals surface area contributed by atoms with Crippen LogP contribution in [0, 0.1) is 11.2 Å². The molecule has 3 rings (SSSR count). The molecule has 1 saturated heterocycles. The third kappa shape index (κ3) is 5.14. The van der Waals surface area contributed by atoms with Gasteiger partial charge >= 0.3 is 0 Å². The van der Waals surface area contributed by atoms with Crippen LogP contribution in [0.15, 0.2) is 42.6 Å². The molecule has 1 amide bonds. The maximum absolute atomic E-state index is 13.2. The molecule has 1 aromatic heterocycles. The highest BCUT2D eigenvalue weighted by molar-refractivity contribution is 5.92. The average molecular weight is 385 g/mol. The fourth-order valence-electron chi connectivity index (χ4n) is 3.96. The largest absolute Gasteiger partial charge is 0.381 e. The number of amides is 1. The minimum absolute atomic E-state index is 0.0551. The van der Waals surface area contributed by atoms with Crippen LogP contribution in [0.5, 0.6) is 0 Å². The molecular formula is C22H28FN3O2. The minimum atomic E-state index is -0.494. The Hall–Kier alpha value is -2.31. The lowest BCUT2D eigenvalue weighted by Gasteiger charge is -2.29. The summed E-state index contributed by atoms with van der Waals surface area (Å²) in [6.45, 7) is 5.88. The number of carbonyl (C=O) groups is 1. The van der Waals surface area contributed by atoms with Crippen molar-refractivity contribution in [3.63, 3.8) is 0 Å². The summed E-state index contributed by atoms with van der Waals surface area (Å²) in [7, 11) is 0. The zero-order valence-corrected chi connectivity index (χ0v) is 16.4. The molecule has 0 spiro atoms. The normalized spacial score (nSPS) is 19.8. The van der Waals surface area contributed by atoms with Crippen molar-refractivity contribution in [2.75, 3.05) is 26.3 Å². The quantitative estimate of drug-likeness (QED) is 0.720. The molecule has 2 heterocycles. The van der Waals surface area contributed by atoms with Crippen LogP contribution in [-0.2, 0) is 17.7 Å². The van der Waals surface area contributed by atoms with E-state index in [1.165, 1.54) is 12.1 Å². The van der Waals surface area contributed by atoms with Crippen molar-refractivity contribution in [2.24, 2.45) is 11.1 Å². The van der Waals surface area contributed by atoms with Gasteiger partial charge in [0.05, 0.1) is 6.61 Å². The van der Waals surface area contributed by atoms with Gasteiger partial charge in [-0.2, -0.15) is 0 Å². The summed E-state index contributed by atoms with van der Waals surface area (Å²) in [4.78, 5) is 18.1. The molecule has 1 atom stereocenters. The number of nitrogens with zero attached hydrogens (tertiary/aromatic N) is 2. The molecule has 150 valence electrons. The van der Waals surface area contributed by atoms with Crippen LogP contribution >= 0.6 is 0 Å². The second-order valence-electron chi connectivity index (χ2n) is 7.60. The summed E-state index contributed by atoms with van der Waals surface area (Å²) in [5.74, 6) is -0.701. The van der Waals surface area contributed by atoms with Crippen LogP contribution in [-0.4, -0.2) is 42.1 Å². The van der Waals surface area contributed by atoms with Gasteiger partial charge in [-0.25, -0.2) is 4.39 Å². The summed E-state index contributed by atoms with van der Waals surface area (Å²) in [5.41, 5.74) is 7.86. The molecule has 0 saturated carbocycles. The Morgan fingerprint density at radius 3 is 2.82 bits per heavy atom. The lowest BCUT2D eigenvalue weighted by molar-refractivity contribution is 0.0489. The molecule has 5 nitrogen and oxygen atoms in total. The first-order valence-corrected chi connectivity index (χ1v) is 9.79. The Balaban J connectivity index is 1.67. The summed E-state index contributed by atoms with van der Waals surface area (Å²) in [6, 6.07) is 10.5. The highest BCUT2D eigenvalue weighted by Gasteiger charge is 2.38. The van der Waals surface area contributed by atoms with Crippen molar-refractivity contribution >= 4 is 5.91 Å². The number of pyridine rings is 1. The van der Waals surface area contributed by atoms with E-state index in [2.05, 4.69) is 9.88 Å². The number of rotatable bonds is 9. The van der Waals surface area contributed by atoms with Gasteiger partial charge in [0, 0.05) is 31.3 Å². The standard InChI is InChI=1S/C22H28FN3O2/c1-2-28-16-22(10-9-17-5-7-19(23)8-6-17)11-13-26(15-22)14-18-4-3-12-25-20(18)21(24)27/h3-8,12H,2,9-11,13-16H2,1H3,(H2,24,27). The Bertz CT molecular complexity index is 797. The SMILES string of the molecule is CCOCC1(CCc2ccc(F)cc2)CCN(Cc2cccnc2C(N)=O)C1. The van der Waals surface area contributed by atoms with Crippen LogP contribution in [0.3, 0.4) is 0 Å². The Morgan fingerprint density at radius 1 is 1.32 bits per heavy atom. The molecule has 1 aromatic carbocycles. The predicted molar refractivity (Wildman–Crippen MR) is 106 cm³/mol. The number of likely N-dealkylation sites (tertiary alicyclic amines) is 1. The summed E-state index contributed by atoms with van der Waals surface area (Å²) in [5, 5.41) is 0. The topological polar surface area (TPSA) is 68.4 Å². The molecule has 2 aromatic rings.